The van der Waals surface area contributed by atoms with Crippen molar-refractivity contribution in [2.45, 2.75) is 112 Å². The van der Waals surface area contributed by atoms with Gasteiger partial charge in [0.25, 0.3) is 5.97 Å². The van der Waals surface area contributed by atoms with Crippen LogP contribution in [0, 0.1) is 0 Å². The number of benzene rings is 4. The van der Waals surface area contributed by atoms with Gasteiger partial charge in [0, 0.05) is 50.7 Å². The molecule has 306 valence electrons. The van der Waals surface area contributed by atoms with Gasteiger partial charge in [-0.1, -0.05) is 132 Å². The summed E-state index contributed by atoms with van der Waals surface area (Å²) in [5.41, 5.74) is 8.83. The van der Waals surface area contributed by atoms with Crippen molar-refractivity contribution in [3.05, 3.63) is 128 Å². The molecule has 0 N–H and O–H groups in total. The second-order valence-electron chi connectivity index (χ2n) is 21.0. The van der Waals surface area contributed by atoms with Crippen molar-refractivity contribution in [1.82, 2.24) is 7.10 Å². The highest BCUT2D eigenvalue weighted by atomic mass is 27.2. The van der Waals surface area contributed by atoms with E-state index in [-0.39, 0.29) is 21.7 Å². The Morgan fingerprint density at radius 2 is 0.836 bits per heavy atom. The average Bonchev–Trinajstić information content (AvgIpc) is 3.87. The maximum absolute atomic E-state index is 13.7. The van der Waals surface area contributed by atoms with Gasteiger partial charge in [0.2, 0.25) is 0 Å². The molecule has 0 saturated carbocycles. The minimum Gasteiger partial charge on any atom is -0.582 e. The van der Waals surface area contributed by atoms with Crippen LogP contribution in [0.1, 0.15) is 135 Å². The van der Waals surface area contributed by atoms with Crippen molar-refractivity contribution in [3.63, 3.8) is 0 Å². The standard InChI is InChI=1S/C48H48N8.C2H4O2.Al/c1-45(2,3)25-13-17-29-33(21-25)41-49-37(29)54-42-35-23-27(47(7,8)9)15-19-31(35)39(51-42)56-44-36-24-28(48(10,11)12)16-20-32(36)40(52-44)55-43-34-22-26(46(4,5)6)14-18-30(34)38(50-43)53-41;1-2(3)4;/h13-24H,1-12H3;1H3,(H,3,4);/q-2;;+3/p-1. The highest BCUT2D eigenvalue weighted by molar-refractivity contribution is 6.53. The predicted molar refractivity (Wildman–Crippen MR) is 248 cm³/mol. The largest absolute Gasteiger partial charge is 0.904 e. The Balaban J connectivity index is 1.47. The zero-order valence-corrected chi connectivity index (χ0v) is 38.6. The van der Waals surface area contributed by atoms with Gasteiger partial charge >= 0.3 is 14.9 Å². The summed E-state index contributed by atoms with van der Waals surface area (Å²) in [6.07, 6.45) is 0. The maximum Gasteiger partial charge on any atom is 0.904 e. The van der Waals surface area contributed by atoms with Crippen LogP contribution in [0.25, 0.3) is 21.5 Å². The van der Waals surface area contributed by atoms with Crippen molar-refractivity contribution in [2.75, 3.05) is 0 Å². The molecule has 0 radical (unpaired) electrons. The van der Waals surface area contributed by atoms with Crippen molar-refractivity contribution in [1.29, 1.82) is 0 Å². The van der Waals surface area contributed by atoms with Crippen LogP contribution in [-0.2, 0) is 30.2 Å². The van der Waals surface area contributed by atoms with Gasteiger partial charge in [-0.3, -0.25) is 4.79 Å². The molecular weight excluding hydrogens is 772 g/mol. The van der Waals surface area contributed by atoms with Crippen molar-refractivity contribution < 1.29 is 8.58 Å². The molecule has 4 aliphatic heterocycles. The number of nitrogens with zero attached hydrogens (tertiary/aromatic N) is 8. The smallest absolute Gasteiger partial charge is 0.582 e. The molecule has 0 spiro atoms. The number of fused-ring (bicyclic) bond motifs is 14. The highest BCUT2D eigenvalue weighted by Crippen LogP contribution is 2.43. The molecule has 4 aromatic carbocycles. The molecule has 11 heteroatoms. The van der Waals surface area contributed by atoms with E-state index < -0.39 is 20.9 Å². The lowest BCUT2D eigenvalue weighted by molar-refractivity contribution is -0.132. The summed E-state index contributed by atoms with van der Waals surface area (Å²) in [4.78, 5) is 46.3. The van der Waals surface area contributed by atoms with E-state index in [1.807, 2.05) is 0 Å². The van der Waals surface area contributed by atoms with E-state index in [1.165, 1.54) is 6.92 Å². The number of hydrogen-bond donors (Lipinski definition) is 0. The molecule has 0 aliphatic carbocycles. The minimum absolute atomic E-state index is 0.120. The molecule has 4 aliphatic rings. The van der Waals surface area contributed by atoms with Crippen LogP contribution in [0.2, 0.25) is 0 Å². The molecule has 10 rings (SSSR count). The van der Waals surface area contributed by atoms with Crippen LogP contribution in [0.3, 0.4) is 0 Å². The number of rotatable bonds is 1. The Labute approximate surface area is 361 Å². The average molecular weight is 823 g/mol. The molecule has 0 amide bonds. The zero-order chi connectivity index (χ0) is 43.3. The fourth-order valence-corrected chi connectivity index (χ4v) is 11.1. The summed E-state index contributed by atoms with van der Waals surface area (Å²) in [5.74, 6) is 2.99. The molecule has 6 aromatic rings. The lowest BCUT2D eigenvalue weighted by Gasteiger charge is -2.20. The number of aromatic nitrogens is 2. The number of amidine groups is 4. The normalized spacial score (nSPS) is 15.7. The fraction of sp³-hybridized carbons (Fsp3) is 0.340. The topological polar surface area (TPSA) is 110 Å². The van der Waals surface area contributed by atoms with Gasteiger partial charge in [0.05, 0.1) is 0 Å². The first-order valence-corrected chi connectivity index (χ1v) is 22.7. The highest BCUT2D eigenvalue weighted by Gasteiger charge is 2.46. The monoisotopic (exact) mass is 822 g/mol. The Kier molecular flexibility index (Phi) is 8.32. The van der Waals surface area contributed by atoms with Gasteiger partial charge in [-0.25, -0.2) is 30.0 Å². The summed E-state index contributed by atoms with van der Waals surface area (Å²) in [5, 5.41) is 3.51. The molecule has 10 nitrogen and oxygen atoms in total. The number of carbonyl (C=O) groups excluding carboxylic acids is 1. The number of hydrogen-bond acceptors (Lipinski definition) is 8. The Morgan fingerprint density at radius 3 is 1.34 bits per heavy atom. The zero-order valence-electron chi connectivity index (χ0n) is 37.4. The molecule has 61 heavy (non-hydrogen) atoms. The Bertz CT molecular complexity index is 3240. The first-order valence-electron chi connectivity index (χ1n) is 21.2. The van der Waals surface area contributed by atoms with Crippen molar-refractivity contribution in [3.8, 4) is 0 Å². The van der Waals surface area contributed by atoms with E-state index in [9.17, 15) is 4.79 Å². The number of carbonyl (C=O) groups is 1. The van der Waals surface area contributed by atoms with Gasteiger partial charge in [0.15, 0.2) is 23.3 Å². The summed E-state index contributed by atoms with van der Waals surface area (Å²) >= 11 is -3.31. The molecule has 0 saturated heterocycles. The summed E-state index contributed by atoms with van der Waals surface area (Å²) < 4.78 is 10.9. The quantitative estimate of drug-likeness (QED) is 0.154. The summed E-state index contributed by atoms with van der Waals surface area (Å²) in [7, 11) is 0. The van der Waals surface area contributed by atoms with Crippen LogP contribution in [0.15, 0.2) is 103 Å². The second kappa shape index (κ2) is 12.9. The first-order chi connectivity index (χ1) is 28.6. The van der Waals surface area contributed by atoms with Crippen molar-refractivity contribution >= 4 is 77.4 Å². The van der Waals surface area contributed by atoms with Crippen LogP contribution in [0.4, 0.5) is 11.6 Å². The third-order valence-corrected chi connectivity index (χ3v) is 14.8. The summed E-state index contributed by atoms with van der Waals surface area (Å²) in [6, 6.07) is 26.0. The number of aliphatic imine (C=N–C) groups is 4. The van der Waals surface area contributed by atoms with Gasteiger partial charge in [-0.2, -0.15) is 0 Å². The van der Waals surface area contributed by atoms with Gasteiger partial charge in [-0.15, -0.1) is 0 Å². The first kappa shape index (κ1) is 39.4. The SMILES string of the molecule is CC(=O)[O][Al]1[n]2c3c4cc(C(C)(C)C)ccc4c2N=C2N=C(N=c4c5cc(C(C)(C)C)ccc5c([n]41)=NC1=NC(=N3)c3ccc(C(C)(C)C)cc31)c1ccc(C(C)(C)C)cc12. The lowest BCUT2D eigenvalue weighted by atomic mass is 9.85. The molecule has 6 heterocycles. The van der Waals surface area contributed by atoms with E-state index in [0.717, 1.165) is 66.1 Å². The van der Waals surface area contributed by atoms with E-state index in [1.54, 1.807) is 0 Å². The summed E-state index contributed by atoms with van der Waals surface area (Å²) in [6.45, 7) is 28.0. The Hall–Kier alpha value is -5.76. The Morgan fingerprint density at radius 1 is 0.443 bits per heavy atom. The molecule has 6 bridgehead atoms. The second-order valence-corrected chi connectivity index (χ2v) is 22.9. The molecular formula is C50H51AlN8O2. The fourth-order valence-electron chi connectivity index (χ4n) is 8.71. The molecule has 0 atom stereocenters. The molecule has 2 aromatic heterocycles. The van der Waals surface area contributed by atoms with E-state index in [0.29, 0.717) is 46.0 Å². The predicted octanol–water partition coefficient (Wildman–Crippen LogP) is 9.67. The molecule has 0 fully saturated rings. The van der Waals surface area contributed by atoms with Crippen LogP contribution in [-0.4, -0.2) is 51.3 Å². The van der Waals surface area contributed by atoms with E-state index in [4.69, 9.17) is 33.7 Å². The minimum atomic E-state index is -3.31. The van der Waals surface area contributed by atoms with Gasteiger partial charge in [0.1, 0.15) is 22.6 Å². The van der Waals surface area contributed by atoms with Gasteiger partial charge in [-0.05, 0) is 68.2 Å². The van der Waals surface area contributed by atoms with Crippen LogP contribution in [0.5, 0.6) is 0 Å². The molecule has 0 unspecified atom stereocenters. The lowest BCUT2D eigenvalue weighted by Crippen LogP contribution is -2.49. The third-order valence-electron chi connectivity index (χ3n) is 12.4. The van der Waals surface area contributed by atoms with Crippen molar-refractivity contribution in [2.24, 2.45) is 30.0 Å². The van der Waals surface area contributed by atoms with Crippen LogP contribution < -0.4 is 11.0 Å². The third kappa shape index (κ3) is 6.22. The maximum atomic E-state index is 13.7. The van der Waals surface area contributed by atoms with Gasteiger partial charge < -0.3 is 10.9 Å². The van der Waals surface area contributed by atoms with E-state index >= 15 is 0 Å². The van der Waals surface area contributed by atoms with Crippen LogP contribution >= 0.6 is 0 Å². The van der Waals surface area contributed by atoms with E-state index in [2.05, 4.69) is 163 Å².